The summed E-state index contributed by atoms with van der Waals surface area (Å²) in [5.74, 6) is 1.39. The molecule has 2 aromatic rings. The second-order valence-corrected chi connectivity index (χ2v) is 5.55. The van der Waals surface area contributed by atoms with E-state index in [1.807, 2.05) is 11.0 Å². The number of carboxylic acid groups (broad SMARTS) is 1. The third kappa shape index (κ3) is 2.61. The van der Waals surface area contributed by atoms with Gasteiger partial charge in [-0.1, -0.05) is 5.16 Å². The van der Waals surface area contributed by atoms with Crippen LogP contribution in [0.5, 0.6) is 11.5 Å². The highest BCUT2D eigenvalue weighted by Crippen LogP contribution is 2.35. The van der Waals surface area contributed by atoms with Crippen LogP contribution in [-0.4, -0.2) is 45.5 Å². The summed E-state index contributed by atoms with van der Waals surface area (Å²) in [4.78, 5) is 17.4. The smallest absolute Gasteiger partial charge is 0.320 e. The van der Waals surface area contributed by atoms with Crippen molar-refractivity contribution in [2.24, 2.45) is 0 Å². The fraction of sp³-hybridized carbons (Fsp3) is 0.400. The van der Waals surface area contributed by atoms with Crippen molar-refractivity contribution in [1.82, 2.24) is 15.0 Å². The number of fused-ring (bicyclic) bond motifs is 1. The van der Waals surface area contributed by atoms with Crippen molar-refractivity contribution in [1.29, 1.82) is 0 Å². The maximum absolute atomic E-state index is 11.2. The molecule has 0 amide bonds. The lowest BCUT2D eigenvalue weighted by Crippen LogP contribution is -2.35. The van der Waals surface area contributed by atoms with Crippen LogP contribution in [0.2, 0.25) is 0 Å². The predicted molar refractivity (Wildman–Crippen MR) is 76.9 cm³/mol. The van der Waals surface area contributed by atoms with Crippen LogP contribution in [0, 0.1) is 0 Å². The lowest BCUT2D eigenvalue weighted by Gasteiger charge is -2.18. The van der Waals surface area contributed by atoms with Gasteiger partial charge in [-0.2, -0.15) is 4.98 Å². The van der Waals surface area contributed by atoms with Gasteiger partial charge < -0.3 is 19.1 Å². The summed E-state index contributed by atoms with van der Waals surface area (Å²) in [7, 11) is 0. The average Bonchev–Trinajstić information content (AvgIpc) is 3.26. The molecule has 0 spiro atoms. The standard InChI is InChI=1S/C15H15N3O5/c19-15(20)10-2-1-5-18(10)7-13-16-14(17-23-13)9-3-4-11-12(6-9)22-8-21-11/h3-4,6,10H,1-2,5,7-8H2,(H,19,20). The fourth-order valence-corrected chi connectivity index (χ4v) is 2.94. The maximum Gasteiger partial charge on any atom is 0.320 e. The van der Waals surface area contributed by atoms with E-state index in [2.05, 4.69) is 10.1 Å². The molecule has 0 bridgehead atoms. The molecule has 0 aliphatic carbocycles. The molecule has 1 fully saturated rings. The second kappa shape index (κ2) is 5.54. The SMILES string of the molecule is O=C(O)C1CCCN1Cc1nc(-c2ccc3c(c2)OCO3)no1. The third-order valence-electron chi connectivity index (χ3n) is 4.09. The first kappa shape index (κ1) is 14.0. The van der Waals surface area contributed by atoms with E-state index < -0.39 is 12.0 Å². The largest absolute Gasteiger partial charge is 0.480 e. The minimum absolute atomic E-state index is 0.210. The van der Waals surface area contributed by atoms with Gasteiger partial charge in [0, 0.05) is 5.56 Å². The Morgan fingerprint density at radius 3 is 3.09 bits per heavy atom. The van der Waals surface area contributed by atoms with Crippen molar-refractivity contribution in [3.05, 3.63) is 24.1 Å². The Kier molecular flexibility index (Phi) is 3.38. The fourth-order valence-electron chi connectivity index (χ4n) is 2.94. The molecule has 8 nitrogen and oxygen atoms in total. The molecule has 1 N–H and O–H groups in total. The predicted octanol–water partition coefficient (Wildman–Crippen LogP) is 1.51. The van der Waals surface area contributed by atoms with E-state index in [0.29, 0.717) is 36.2 Å². The van der Waals surface area contributed by atoms with Crippen LogP contribution in [0.4, 0.5) is 0 Å². The number of hydrogen-bond acceptors (Lipinski definition) is 7. The average molecular weight is 317 g/mol. The Morgan fingerprint density at radius 1 is 1.35 bits per heavy atom. The molecule has 2 aliphatic heterocycles. The van der Waals surface area contributed by atoms with Crippen LogP contribution in [0.25, 0.3) is 11.4 Å². The van der Waals surface area contributed by atoms with Gasteiger partial charge in [0.2, 0.25) is 18.5 Å². The molecule has 1 atom stereocenters. The van der Waals surface area contributed by atoms with Crippen LogP contribution in [-0.2, 0) is 11.3 Å². The van der Waals surface area contributed by atoms with Gasteiger partial charge in [-0.15, -0.1) is 0 Å². The number of aromatic nitrogens is 2. The number of hydrogen-bond donors (Lipinski definition) is 1. The molecule has 1 aromatic carbocycles. The van der Waals surface area contributed by atoms with Crippen molar-refractivity contribution in [2.75, 3.05) is 13.3 Å². The Bertz CT molecular complexity index is 744. The highest BCUT2D eigenvalue weighted by molar-refractivity contribution is 5.73. The summed E-state index contributed by atoms with van der Waals surface area (Å²) in [6, 6.07) is 4.95. The highest BCUT2D eigenvalue weighted by atomic mass is 16.7. The number of carbonyl (C=O) groups is 1. The van der Waals surface area contributed by atoms with E-state index in [1.54, 1.807) is 12.1 Å². The molecule has 0 saturated carbocycles. The number of benzene rings is 1. The molecule has 8 heteroatoms. The Balaban J connectivity index is 1.52. The monoisotopic (exact) mass is 317 g/mol. The van der Waals surface area contributed by atoms with Gasteiger partial charge in [0.05, 0.1) is 6.54 Å². The summed E-state index contributed by atoms with van der Waals surface area (Å²) in [5, 5.41) is 13.2. The molecule has 120 valence electrons. The Labute approximate surface area is 131 Å². The highest BCUT2D eigenvalue weighted by Gasteiger charge is 2.31. The summed E-state index contributed by atoms with van der Waals surface area (Å²) in [6.45, 7) is 1.27. The van der Waals surface area contributed by atoms with Gasteiger partial charge in [-0.05, 0) is 37.6 Å². The first-order chi connectivity index (χ1) is 11.2. The number of carboxylic acids is 1. The number of nitrogens with zero attached hydrogens (tertiary/aromatic N) is 3. The number of aliphatic carboxylic acids is 1. The Hall–Kier alpha value is -2.61. The molecule has 1 unspecified atom stereocenters. The van der Waals surface area contributed by atoms with Crippen molar-refractivity contribution in [3.63, 3.8) is 0 Å². The minimum Gasteiger partial charge on any atom is -0.480 e. The lowest BCUT2D eigenvalue weighted by atomic mass is 10.2. The number of likely N-dealkylation sites (tertiary alicyclic amines) is 1. The molecular formula is C15H15N3O5. The topological polar surface area (TPSA) is 97.9 Å². The molecule has 2 aliphatic rings. The van der Waals surface area contributed by atoms with E-state index in [0.717, 1.165) is 18.5 Å². The quantitative estimate of drug-likeness (QED) is 0.906. The van der Waals surface area contributed by atoms with Crippen LogP contribution < -0.4 is 9.47 Å². The van der Waals surface area contributed by atoms with Crippen molar-refractivity contribution in [3.8, 4) is 22.9 Å². The van der Waals surface area contributed by atoms with Gasteiger partial charge in [-0.25, -0.2) is 0 Å². The van der Waals surface area contributed by atoms with Crippen LogP contribution in [0.15, 0.2) is 22.7 Å². The van der Waals surface area contributed by atoms with Gasteiger partial charge in [0.25, 0.3) is 0 Å². The van der Waals surface area contributed by atoms with Gasteiger partial charge >= 0.3 is 5.97 Å². The molecule has 0 radical (unpaired) electrons. The zero-order chi connectivity index (χ0) is 15.8. The normalized spacial score (nSPS) is 20.1. The van der Waals surface area contributed by atoms with Gasteiger partial charge in [0.15, 0.2) is 11.5 Å². The van der Waals surface area contributed by atoms with Crippen molar-refractivity contribution < 1.29 is 23.9 Å². The van der Waals surface area contributed by atoms with E-state index >= 15 is 0 Å². The lowest BCUT2D eigenvalue weighted by molar-refractivity contribution is -0.142. The minimum atomic E-state index is -0.807. The van der Waals surface area contributed by atoms with Crippen LogP contribution in [0.1, 0.15) is 18.7 Å². The molecule has 3 heterocycles. The van der Waals surface area contributed by atoms with E-state index in [-0.39, 0.29) is 6.79 Å². The van der Waals surface area contributed by atoms with Gasteiger partial charge in [0.1, 0.15) is 6.04 Å². The summed E-state index contributed by atoms with van der Waals surface area (Å²) < 4.78 is 15.9. The summed E-state index contributed by atoms with van der Waals surface area (Å²) >= 11 is 0. The first-order valence-electron chi connectivity index (χ1n) is 7.40. The van der Waals surface area contributed by atoms with Crippen molar-refractivity contribution >= 4 is 5.97 Å². The zero-order valence-electron chi connectivity index (χ0n) is 12.3. The van der Waals surface area contributed by atoms with Crippen molar-refractivity contribution in [2.45, 2.75) is 25.4 Å². The maximum atomic E-state index is 11.2. The zero-order valence-corrected chi connectivity index (χ0v) is 12.3. The Morgan fingerprint density at radius 2 is 2.22 bits per heavy atom. The van der Waals surface area contributed by atoms with Crippen LogP contribution in [0.3, 0.4) is 0 Å². The molecule has 1 saturated heterocycles. The molecule has 1 aromatic heterocycles. The van der Waals surface area contributed by atoms with E-state index in [9.17, 15) is 9.90 Å². The third-order valence-corrected chi connectivity index (χ3v) is 4.09. The second-order valence-electron chi connectivity index (χ2n) is 5.55. The summed E-state index contributed by atoms with van der Waals surface area (Å²) in [5.41, 5.74) is 0.764. The van der Waals surface area contributed by atoms with Crippen LogP contribution >= 0.6 is 0 Å². The van der Waals surface area contributed by atoms with E-state index in [1.165, 1.54) is 0 Å². The molecule has 4 rings (SSSR count). The molecular weight excluding hydrogens is 302 g/mol. The van der Waals surface area contributed by atoms with Gasteiger partial charge in [-0.3, -0.25) is 9.69 Å². The number of ether oxygens (including phenoxy) is 2. The molecule has 23 heavy (non-hydrogen) atoms. The summed E-state index contributed by atoms with van der Waals surface area (Å²) in [6.07, 6.45) is 1.51. The number of rotatable bonds is 4. The first-order valence-corrected chi connectivity index (χ1v) is 7.40. The van der Waals surface area contributed by atoms with E-state index in [4.69, 9.17) is 14.0 Å².